The minimum Gasteiger partial charge on any atom is -0.0619 e. The predicted molar refractivity (Wildman–Crippen MR) is 146 cm³/mol. The van der Waals surface area contributed by atoms with E-state index in [1.807, 2.05) is 0 Å². The molecule has 0 bridgehead atoms. The van der Waals surface area contributed by atoms with Crippen LogP contribution in [-0.2, 0) is 10.8 Å². The SMILES string of the molecule is Cc1cc2c3c(c4cc(C)cc5c4c(c3c1)-c1ccccc1C5(C)C)-c1ccccc1C2(C)C. The van der Waals surface area contributed by atoms with Crippen molar-refractivity contribution < 1.29 is 0 Å². The van der Waals surface area contributed by atoms with Crippen molar-refractivity contribution in [2.75, 3.05) is 0 Å². The first-order chi connectivity index (χ1) is 16.2. The highest BCUT2D eigenvalue weighted by Gasteiger charge is 2.39. The molecule has 0 fully saturated rings. The van der Waals surface area contributed by atoms with Gasteiger partial charge in [-0.25, -0.2) is 0 Å². The smallest absolute Gasteiger partial charge is 0.0159 e. The van der Waals surface area contributed by atoms with Crippen LogP contribution in [0.1, 0.15) is 61.1 Å². The Morgan fingerprint density at radius 2 is 0.853 bits per heavy atom. The minimum absolute atomic E-state index is 0.0473. The van der Waals surface area contributed by atoms with E-state index in [-0.39, 0.29) is 10.8 Å². The number of hydrogen-bond donors (Lipinski definition) is 0. The number of rotatable bonds is 0. The average molecular weight is 439 g/mol. The molecule has 0 atom stereocenters. The third-order valence-corrected chi connectivity index (χ3v) is 8.69. The molecule has 0 saturated carbocycles. The van der Waals surface area contributed by atoms with Crippen LogP contribution in [0, 0.1) is 13.8 Å². The van der Waals surface area contributed by atoms with Crippen molar-refractivity contribution >= 4 is 21.5 Å². The molecule has 0 nitrogen and oxygen atoms in total. The van der Waals surface area contributed by atoms with E-state index in [1.165, 1.54) is 77.2 Å². The van der Waals surface area contributed by atoms with Crippen LogP contribution in [-0.4, -0.2) is 0 Å². The van der Waals surface area contributed by atoms with Crippen LogP contribution < -0.4 is 0 Å². The van der Waals surface area contributed by atoms with Gasteiger partial charge < -0.3 is 0 Å². The Morgan fingerprint density at radius 3 is 1.26 bits per heavy atom. The van der Waals surface area contributed by atoms with Crippen molar-refractivity contribution in [2.45, 2.75) is 52.4 Å². The molecular formula is C34H30. The van der Waals surface area contributed by atoms with Crippen LogP contribution >= 0.6 is 0 Å². The highest BCUT2D eigenvalue weighted by molar-refractivity contribution is 6.25. The first kappa shape index (κ1) is 20.0. The molecule has 0 amide bonds. The number of benzene rings is 5. The van der Waals surface area contributed by atoms with Gasteiger partial charge in [-0.2, -0.15) is 0 Å². The molecule has 2 aliphatic rings. The van der Waals surface area contributed by atoms with Gasteiger partial charge in [-0.1, -0.05) is 112 Å². The van der Waals surface area contributed by atoms with E-state index in [2.05, 4.69) is 114 Å². The molecule has 166 valence electrons. The third kappa shape index (κ3) is 2.24. The maximum absolute atomic E-state index is 2.44. The molecule has 0 saturated heterocycles. The summed E-state index contributed by atoms with van der Waals surface area (Å²) in [6.07, 6.45) is 0. The molecule has 5 aromatic carbocycles. The topological polar surface area (TPSA) is 0 Å². The van der Waals surface area contributed by atoms with E-state index >= 15 is 0 Å². The molecule has 0 heteroatoms. The Balaban J connectivity index is 1.87. The fraction of sp³-hybridized carbons (Fsp3) is 0.235. The molecule has 5 aromatic rings. The van der Waals surface area contributed by atoms with Gasteiger partial charge in [-0.3, -0.25) is 0 Å². The van der Waals surface area contributed by atoms with E-state index in [1.54, 1.807) is 0 Å². The van der Waals surface area contributed by atoms with Crippen LogP contribution in [0.15, 0.2) is 72.8 Å². The number of fused-ring (bicyclic) bond motifs is 6. The Morgan fingerprint density at radius 1 is 0.471 bits per heavy atom. The molecule has 0 aromatic heterocycles. The molecule has 0 radical (unpaired) electrons. The standard InChI is InChI=1S/C34H30/c1-19-15-23-29-21-11-7-10-14-26(21)34(5,6)28-18-20(2)16-24(32(28)29)30-22-12-8-9-13-25(22)33(3,4)27(17-19)31(23)30/h7-18H,1-6H3. The second kappa shape index (κ2) is 6.19. The van der Waals surface area contributed by atoms with Crippen molar-refractivity contribution in [2.24, 2.45) is 0 Å². The maximum Gasteiger partial charge on any atom is 0.0159 e. The van der Waals surface area contributed by atoms with Crippen LogP contribution in [0.3, 0.4) is 0 Å². The molecular weight excluding hydrogens is 408 g/mol. The van der Waals surface area contributed by atoms with E-state index in [0.717, 1.165) is 0 Å². The second-order valence-electron chi connectivity index (χ2n) is 11.6. The predicted octanol–water partition coefficient (Wildman–Crippen LogP) is 9.22. The summed E-state index contributed by atoms with van der Waals surface area (Å²) in [7, 11) is 0. The summed E-state index contributed by atoms with van der Waals surface area (Å²) < 4.78 is 0. The minimum atomic E-state index is -0.0473. The highest BCUT2D eigenvalue weighted by atomic mass is 14.4. The average Bonchev–Trinajstić information content (AvgIpc) is 2.80. The van der Waals surface area contributed by atoms with Crippen molar-refractivity contribution in [1.29, 1.82) is 0 Å². The summed E-state index contributed by atoms with van der Waals surface area (Å²) in [6, 6.07) is 28.0. The lowest BCUT2D eigenvalue weighted by atomic mass is 9.63. The maximum atomic E-state index is 2.44. The summed E-state index contributed by atoms with van der Waals surface area (Å²) in [6.45, 7) is 14.1. The number of aryl methyl sites for hydroxylation is 2. The van der Waals surface area contributed by atoms with Crippen LogP contribution in [0.4, 0.5) is 0 Å². The van der Waals surface area contributed by atoms with Gasteiger partial charge in [-0.05, 0) is 79.9 Å². The van der Waals surface area contributed by atoms with Gasteiger partial charge in [0.25, 0.3) is 0 Å². The van der Waals surface area contributed by atoms with Crippen LogP contribution in [0.2, 0.25) is 0 Å². The van der Waals surface area contributed by atoms with Gasteiger partial charge in [0.2, 0.25) is 0 Å². The first-order valence-electron chi connectivity index (χ1n) is 12.5. The van der Waals surface area contributed by atoms with Gasteiger partial charge in [0.05, 0.1) is 0 Å². The number of hydrogen-bond acceptors (Lipinski definition) is 0. The second-order valence-corrected chi connectivity index (χ2v) is 11.6. The summed E-state index contributed by atoms with van der Waals surface area (Å²) in [4.78, 5) is 0. The molecule has 0 unspecified atom stereocenters. The van der Waals surface area contributed by atoms with E-state index in [0.29, 0.717) is 0 Å². The van der Waals surface area contributed by atoms with Gasteiger partial charge in [0.15, 0.2) is 0 Å². The van der Waals surface area contributed by atoms with Crippen molar-refractivity contribution in [3.63, 3.8) is 0 Å². The van der Waals surface area contributed by atoms with Gasteiger partial charge in [-0.15, -0.1) is 0 Å². The molecule has 0 N–H and O–H groups in total. The molecule has 0 spiro atoms. The van der Waals surface area contributed by atoms with Gasteiger partial charge >= 0.3 is 0 Å². The normalized spacial score (nSPS) is 16.4. The molecule has 34 heavy (non-hydrogen) atoms. The van der Waals surface area contributed by atoms with Crippen molar-refractivity contribution in [3.05, 3.63) is 106 Å². The van der Waals surface area contributed by atoms with E-state index < -0.39 is 0 Å². The van der Waals surface area contributed by atoms with Crippen molar-refractivity contribution in [3.8, 4) is 22.3 Å². The van der Waals surface area contributed by atoms with Crippen molar-refractivity contribution in [1.82, 2.24) is 0 Å². The molecule has 7 rings (SSSR count). The first-order valence-corrected chi connectivity index (χ1v) is 12.5. The Bertz CT molecular complexity index is 1580. The fourth-order valence-electron chi connectivity index (χ4n) is 7.10. The summed E-state index contributed by atoms with van der Waals surface area (Å²) in [5.74, 6) is 0. The Hall–Kier alpha value is -3.38. The van der Waals surface area contributed by atoms with E-state index in [4.69, 9.17) is 0 Å². The van der Waals surface area contributed by atoms with Gasteiger partial charge in [0, 0.05) is 10.8 Å². The van der Waals surface area contributed by atoms with Crippen LogP contribution in [0.25, 0.3) is 43.8 Å². The monoisotopic (exact) mass is 438 g/mol. The molecule has 0 heterocycles. The quantitative estimate of drug-likeness (QED) is 0.211. The Kier molecular flexibility index (Phi) is 3.65. The summed E-state index contributed by atoms with van der Waals surface area (Å²) in [5, 5.41) is 5.71. The largest absolute Gasteiger partial charge is 0.0619 e. The lowest BCUT2D eigenvalue weighted by Crippen LogP contribution is -2.26. The zero-order valence-electron chi connectivity index (χ0n) is 20.9. The molecule has 0 aliphatic heterocycles. The highest BCUT2D eigenvalue weighted by Crippen LogP contribution is 2.58. The van der Waals surface area contributed by atoms with Crippen LogP contribution in [0.5, 0.6) is 0 Å². The molecule has 2 aliphatic carbocycles. The lowest BCUT2D eigenvalue weighted by Gasteiger charge is -2.40. The zero-order chi connectivity index (χ0) is 23.6. The Labute approximate surface area is 202 Å². The zero-order valence-corrected chi connectivity index (χ0v) is 20.9. The lowest BCUT2D eigenvalue weighted by molar-refractivity contribution is 0.642. The van der Waals surface area contributed by atoms with E-state index in [9.17, 15) is 0 Å². The van der Waals surface area contributed by atoms with Gasteiger partial charge in [0.1, 0.15) is 0 Å². The third-order valence-electron chi connectivity index (χ3n) is 8.69. The summed E-state index contributed by atoms with van der Waals surface area (Å²) >= 11 is 0. The summed E-state index contributed by atoms with van der Waals surface area (Å²) in [5.41, 5.74) is 14.0. The fourth-order valence-corrected chi connectivity index (χ4v) is 7.10.